The third-order valence-electron chi connectivity index (χ3n) is 4.62. The molecule has 2 fully saturated rings. The molecule has 0 spiro atoms. The molecule has 2 aliphatic rings. The molecule has 1 saturated carbocycles. The second kappa shape index (κ2) is 5.75. The van der Waals surface area contributed by atoms with Crippen molar-refractivity contribution in [2.75, 3.05) is 11.5 Å². The number of thioether (sulfide) groups is 1. The van der Waals surface area contributed by atoms with Gasteiger partial charge < -0.3 is 5.32 Å². The zero-order valence-corrected chi connectivity index (χ0v) is 13.8. The molecule has 24 heavy (non-hydrogen) atoms. The van der Waals surface area contributed by atoms with Gasteiger partial charge >= 0.3 is 0 Å². The van der Waals surface area contributed by atoms with Crippen molar-refractivity contribution in [2.45, 2.75) is 30.7 Å². The van der Waals surface area contributed by atoms with E-state index in [1.165, 1.54) is 12.1 Å². The van der Waals surface area contributed by atoms with E-state index in [4.69, 9.17) is 0 Å². The molecule has 1 N–H and O–H groups in total. The lowest BCUT2D eigenvalue weighted by atomic mass is 9.99. The predicted octanol–water partition coefficient (Wildman–Crippen LogP) is 3.38. The topological polar surface area (TPSA) is 65.8 Å². The van der Waals surface area contributed by atoms with Crippen LogP contribution in [0.15, 0.2) is 24.3 Å². The van der Waals surface area contributed by atoms with E-state index < -0.39 is 11.4 Å². The quantitative estimate of drug-likeness (QED) is 0.929. The van der Waals surface area contributed by atoms with Crippen molar-refractivity contribution < 1.29 is 9.18 Å². The van der Waals surface area contributed by atoms with Crippen LogP contribution >= 0.6 is 11.8 Å². The van der Waals surface area contributed by atoms with Crippen LogP contribution < -0.4 is 5.32 Å². The number of hydrogen-bond donors (Lipinski definition) is 1. The second-order valence-corrected chi connectivity index (χ2v) is 7.59. The molecule has 4 nitrogen and oxygen atoms in total. The number of benzene rings is 1. The van der Waals surface area contributed by atoms with E-state index in [-0.39, 0.29) is 5.91 Å². The van der Waals surface area contributed by atoms with Gasteiger partial charge in [0.1, 0.15) is 11.4 Å². The third kappa shape index (κ3) is 2.73. The summed E-state index contributed by atoms with van der Waals surface area (Å²) in [6.07, 6.45) is 2.77. The Morgan fingerprint density at radius 3 is 2.92 bits per heavy atom. The number of carbonyl (C=O) groups excluding carboxylic acids is 1. The summed E-state index contributed by atoms with van der Waals surface area (Å²) in [5.74, 6) is 1.11. The summed E-state index contributed by atoms with van der Waals surface area (Å²) in [5.41, 5.74) is 1.08. The summed E-state index contributed by atoms with van der Waals surface area (Å²) in [6.45, 7) is 0. The first-order valence-corrected chi connectivity index (χ1v) is 9.17. The predicted molar refractivity (Wildman–Crippen MR) is 91.4 cm³/mol. The Kier molecular flexibility index (Phi) is 3.69. The molecular weight excluding hydrogens is 325 g/mol. The fourth-order valence-corrected chi connectivity index (χ4v) is 4.33. The maximum Gasteiger partial charge on any atom is 0.253 e. The van der Waals surface area contributed by atoms with Crippen LogP contribution in [0.4, 0.5) is 4.39 Å². The molecule has 0 bridgehead atoms. The molecule has 1 amide bonds. The van der Waals surface area contributed by atoms with Crippen molar-refractivity contribution in [2.24, 2.45) is 0 Å². The summed E-state index contributed by atoms with van der Waals surface area (Å²) < 4.78 is 13.7. The van der Waals surface area contributed by atoms with E-state index in [1.54, 1.807) is 23.9 Å². The number of nitrogens with zero attached hydrogens (tertiary/aromatic N) is 2. The number of carbonyl (C=O) groups is 1. The minimum Gasteiger partial charge on any atom is -0.333 e. The lowest BCUT2D eigenvalue weighted by molar-refractivity contribution is 0.0927. The van der Waals surface area contributed by atoms with Crippen LogP contribution in [-0.4, -0.2) is 27.9 Å². The number of aromatic nitrogens is 1. The van der Waals surface area contributed by atoms with Gasteiger partial charge in [-0.1, -0.05) is 0 Å². The van der Waals surface area contributed by atoms with Crippen molar-refractivity contribution in [3.05, 3.63) is 41.3 Å². The van der Waals surface area contributed by atoms with Crippen LogP contribution in [0.5, 0.6) is 0 Å². The molecule has 2 heterocycles. The molecule has 6 heteroatoms. The van der Waals surface area contributed by atoms with E-state index in [9.17, 15) is 14.4 Å². The summed E-state index contributed by atoms with van der Waals surface area (Å²) >= 11 is 1.66. The van der Waals surface area contributed by atoms with Crippen LogP contribution in [0.25, 0.3) is 10.9 Å². The average molecular weight is 341 g/mol. The van der Waals surface area contributed by atoms with Gasteiger partial charge in [0.25, 0.3) is 5.91 Å². The normalized spacial score (nSPS) is 23.2. The van der Waals surface area contributed by atoms with Crippen LogP contribution in [0.3, 0.4) is 0 Å². The number of pyridine rings is 1. The smallest absolute Gasteiger partial charge is 0.253 e. The van der Waals surface area contributed by atoms with Gasteiger partial charge in [-0.2, -0.15) is 17.0 Å². The van der Waals surface area contributed by atoms with Crippen molar-refractivity contribution in [3.8, 4) is 6.07 Å². The molecule has 4 rings (SSSR count). The van der Waals surface area contributed by atoms with Gasteiger partial charge in [-0.3, -0.25) is 9.78 Å². The zero-order valence-electron chi connectivity index (χ0n) is 13.0. The highest BCUT2D eigenvalue weighted by Crippen LogP contribution is 2.40. The summed E-state index contributed by atoms with van der Waals surface area (Å²) in [6, 6.07) is 8.32. The van der Waals surface area contributed by atoms with Gasteiger partial charge in [-0.15, -0.1) is 0 Å². The van der Waals surface area contributed by atoms with E-state index in [1.807, 2.05) is 0 Å². The molecule has 1 atom stereocenters. The first-order chi connectivity index (χ1) is 11.6. The number of halogens is 1. The summed E-state index contributed by atoms with van der Waals surface area (Å²) in [7, 11) is 0. The molecule has 2 aromatic rings. The van der Waals surface area contributed by atoms with E-state index in [0.29, 0.717) is 34.6 Å². The van der Waals surface area contributed by atoms with Crippen molar-refractivity contribution in [1.82, 2.24) is 10.3 Å². The maximum absolute atomic E-state index is 13.7. The number of rotatable bonds is 3. The van der Waals surface area contributed by atoms with Gasteiger partial charge in [-0.05, 0) is 49.3 Å². The monoisotopic (exact) mass is 341 g/mol. The number of nitriles is 1. The first kappa shape index (κ1) is 15.4. The first-order valence-electron chi connectivity index (χ1n) is 8.02. The number of hydrogen-bond acceptors (Lipinski definition) is 4. The fraction of sp³-hybridized carbons (Fsp3) is 0.389. The minimum atomic E-state index is -0.829. The Labute approximate surface area is 143 Å². The van der Waals surface area contributed by atoms with Crippen LogP contribution in [-0.2, 0) is 0 Å². The van der Waals surface area contributed by atoms with Gasteiger partial charge in [-0.25, -0.2) is 4.39 Å². The SMILES string of the molecule is N#C[C@]1(NC(=O)c2cc(C3CC3)nc3ccc(F)cc23)CCSC1. The molecule has 0 radical (unpaired) electrons. The molecular formula is C18H16FN3OS. The average Bonchev–Trinajstić information content (AvgIpc) is 3.34. The molecule has 1 saturated heterocycles. The van der Waals surface area contributed by atoms with Gasteiger partial charge in [0.15, 0.2) is 0 Å². The van der Waals surface area contributed by atoms with E-state index in [2.05, 4.69) is 16.4 Å². The number of amides is 1. The summed E-state index contributed by atoms with van der Waals surface area (Å²) in [5, 5.41) is 12.9. The van der Waals surface area contributed by atoms with Crippen molar-refractivity contribution >= 4 is 28.6 Å². The van der Waals surface area contributed by atoms with Gasteiger partial charge in [0, 0.05) is 22.8 Å². The molecule has 1 aliphatic heterocycles. The minimum absolute atomic E-state index is 0.320. The standard InChI is InChI=1S/C18H16FN3OS/c19-12-3-4-15-13(7-12)14(8-16(21-15)11-1-2-11)17(23)22-18(9-20)5-6-24-10-18/h3-4,7-8,11H,1-2,5-6,10H2,(H,22,23)/t18-/m1/s1. The van der Waals surface area contributed by atoms with Crippen molar-refractivity contribution in [1.29, 1.82) is 5.26 Å². The van der Waals surface area contributed by atoms with Crippen molar-refractivity contribution in [3.63, 3.8) is 0 Å². The van der Waals surface area contributed by atoms with E-state index >= 15 is 0 Å². The van der Waals surface area contributed by atoms with Crippen LogP contribution in [0, 0.1) is 17.1 Å². The third-order valence-corrected chi connectivity index (χ3v) is 5.81. The maximum atomic E-state index is 13.7. The molecule has 0 unspecified atom stereocenters. The van der Waals surface area contributed by atoms with Gasteiger partial charge in [0.05, 0.1) is 17.1 Å². The highest BCUT2D eigenvalue weighted by atomic mass is 32.2. The number of nitrogens with one attached hydrogen (secondary N) is 1. The van der Waals surface area contributed by atoms with E-state index in [0.717, 1.165) is 24.3 Å². The lowest BCUT2D eigenvalue weighted by Gasteiger charge is -2.22. The fourth-order valence-electron chi connectivity index (χ4n) is 3.06. The Morgan fingerprint density at radius 1 is 1.42 bits per heavy atom. The van der Waals surface area contributed by atoms with Gasteiger partial charge in [0.2, 0.25) is 0 Å². The largest absolute Gasteiger partial charge is 0.333 e. The van der Waals surface area contributed by atoms with Crippen LogP contribution in [0.1, 0.15) is 41.2 Å². The molecule has 1 aromatic carbocycles. The highest BCUT2D eigenvalue weighted by Gasteiger charge is 2.37. The Balaban J connectivity index is 1.77. The Bertz CT molecular complexity index is 866. The molecule has 1 aromatic heterocycles. The lowest BCUT2D eigenvalue weighted by Crippen LogP contribution is -2.47. The highest BCUT2D eigenvalue weighted by molar-refractivity contribution is 7.99. The zero-order chi connectivity index (χ0) is 16.7. The Hall–Kier alpha value is -2.13. The molecule has 122 valence electrons. The van der Waals surface area contributed by atoms with Crippen LogP contribution in [0.2, 0.25) is 0 Å². The Morgan fingerprint density at radius 2 is 2.25 bits per heavy atom. The molecule has 1 aliphatic carbocycles. The number of fused-ring (bicyclic) bond motifs is 1. The second-order valence-electron chi connectivity index (χ2n) is 6.48. The summed E-state index contributed by atoms with van der Waals surface area (Å²) in [4.78, 5) is 17.4.